The van der Waals surface area contributed by atoms with E-state index in [2.05, 4.69) is 21.0 Å². The molecule has 24 heavy (non-hydrogen) atoms. The van der Waals surface area contributed by atoms with Gasteiger partial charge in [-0.3, -0.25) is 19.4 Å². The molecule has 1 saturated heterocycles. The van der Waals surface area contributed by atoms with Crippen LogP contribution in [0.3, 0.4) is 0 Å². The summed E-state index contributed by atoms with van der Waals surface area (Å²) in [6.07, 6.45) is 8.61. The number of carbonyl (C=O) groups is 1. The highest BCUT2D eigenvalue weighted by atomic mass is 16.2. The van der Waals surface area contributed by atoms with Gasteiger partial charge < -0.3 is 4.90 Å². The maximum Gasteiger partial charge on any atom is 0.226 e. The second-order valence-corrected chi connectivity index (χ2v) is 6.86. The van der Waals surface area contributed by atoms with Gasteiger partial charge >= 0.3 is 0 Å². The Bertz CT molecular complexity index is 705. The smallest absolute Gasteiger partial charge is 0.226 e. The Kier molecular flexibility index (Phi) is 4.06. The summed E-state index contributed by atoms with van der Waals surface area (Å²) < 4.78 is 1.81. The monoisotopic (exact) mass is 325 g/mol. The zero-order valence-corrected chi connectivity index (χ0v) is 14.0. The number of nitrogens with zero attached hydrogens (tertiary/aromatic N) is 5. The number of pyridine rings is 1. The van der Waals surface area contributed by atoms with E-state index in [1.807, 2.05) is 41.3 Å². The van der Waals surface area contributed by atoms with Crippen molar-refractivity contribution in [2.45, 2.75) is 18.9 Å². The summed E-state index contributed by atoms with van der Waals surface area (Å²) >= 11 is 0. The van der Waals surface area contributed by atoms with E-state index < -0.39 is 0 Å². The van der Waals surface area contributed by atoms with Gasteiger partial charge in [0.05, 0.1) is 6.20 Å². The highest BCUT2D eigenvalue weighted by Crippen LogP contribution is 2.48. The Morgan fingerprint density at radius 3 is 2.75 bits per heavy atom. The molecule has 2 atom stereocenters. The highest BCUT2D eigenvalue weighted by Gasteiger charge is 2.46. The summed E-state index contributed by atoms with van der Waals surface area (Å²) in [5.74, 6) is 0.864. The van der Waals surface area contributed by atoms with Crippen molar-refractivity contribution in [3.63, 3.8) is 0 Å². The molecule has 1 aliphatic heterocycles. The van der Waals surface area contributed by atoms with Crippen molar-refractivity contribution < 1.29 is 4.79 Å². The van der Waals surface area contributed by atoms with Crippen LogP contribution in [0.2, 0.25) is 0 Å². The fourth-order valence-electron chi connectivity index (χ4n) is 3.58. The van der Waals surface area contributed by atoms with Crippen LogP contribution in [0.25, 0.3) is 0 Å². The molecule has 0 bridgehead atoms. The van der Waals surface area contributed by atoms with Crippen molar-refractivity contribution in [3.8, 4) is 0 Å². The first-order valence-electron chi connectivity index (χ1n) is 8.59. The van der Waals surface area contributed by atoms with E-state index in [4.69, 9.17) is 0 Å². The van der Waals surface area contributed by atoms with Crippen molar-refractivity contribution >= 4 is 5.91 Å². The lowest BCUT2D eigenvalue weighted by molar-refractivity contribution is -0.134. The molecule has 0 N–H and O–H groups in total. The molecule has 2 aliphatic rings. The van der Waals surface area contributed by atoms with Crippen LogP contribution in [-0.4, -0.2) is 56.7 Å². The molecular weight excluding hydrogens is 302 g/mol. The molecule has 2 aromatic rings. The molecule has 4 rings (SSSR count). The second kappa shape index (κ2) is 6.36. The average molecular weight is 325 g/mol. The first kappa shape index (κ1) is 15.3. The zero-order valence-electron chi connectivity index (χ0n) is 14.0. The predicted molar refractivity (Wildman–Crippen MR) is 90.2 cm³/mol. The first-order valence-corrected chi connectivity index (χ1v) is 8.59. The Balaban J connectivity index is 1.28. The lowest BCUT2D eigenvalue weighted by atomic mass is 10.1. The van der Waals surface area contributed by atoms with Crippen LogP contribution in [0.15, 0.2) is 36.9 Å². The molecule has 0 unspecified atom stereocenters. The van der Waals surface area contributed by atoms with E-state index in [1.165, 1.54) is 11.1 Å². The minimum atomic E-state index is 0.166. The summed E-state index contributed by atoms with van der Waals surface area (Å²) in [5.41, 5.74) is 2.43. The molecular formula is C18H23N5O. The van der Waals surface area contributed by atoms with Crippen molar-refractivity contribution in [2.24, 2.45) is 13.0 Å². The quantitative estimate of drug-likeness (QED) is 0.849. The van der Waals surface area contributed by atoms with Crippen LogP contribution < -0.4 is 0 Å². The fraction of sp³-hybridized carbons (Fsp3) is 0.500. The summed E-state index contributed by atoms with van der Waals surface area (Å²) in [4.78, 5) is 21.3. The van der Waals surface area contributed by atoms with Gasteiger partial charge in [-0.2, -0.15) is 5.10 Å². The maximum atomic E-state index is 12.7. The average Bonchev–Trinajstić information content (AvgIpc) is 3.30. The number of amides is 1. The molecule has 1 aliphatic carbocycles. The molecule has 6 nitrogen and oxygen atoms in total. The third-order valence-corrected chi connectivity index (χ3v) is 5.07. The number of carbonyl (C=O) groups excluding carboxylic acids is 1. The van der Waals surface area contributed by atoms with E-state index in [9.17, 15) is 4.79 Å². The van der Waals surface area contributed by atoms with Gasteiger partial charge in [0.15, 0.2) is 0 Å². The Hall–Kier alpha value is -2.21. The highest BCUT2D eigenvalue weighted by molar-refractivity contribution is 5.83. The minimum Gasteiger partial charge on any atom is -0.340 e. The molecule has 126 valence electrons. The van der Waals surface area contributed by atoms with Crippen molar-refractivity contribution in [1.29, 1.82) is 0 Å². The summed E-state index contributed by atoms with van der Waals surface area (Å²) in [7, 11) is 1.92. The van der Waals surface area contributed by atoms with E-state index in [-0.39, 0.29) is 5.92 Å². The molecule has 2 fully saturated rings. The SMILES string of the molecule is Cn1cc([C@@H]2C[C@H]2C(=O)N2CCN(Cc3cccnc3)CC2)cn1. The molecule has 2 aromatic heterocycles. The maximum absolute atomic E-state index is 12.7. The molecule has 1 saturated carbocycles. The Morgan fingerprint density at radius 1 is 1.25 bits per heavy atom. The number of hydrogen-bond donors (Lipinski definition) is 0. The lowest BCUT2D eigenvalue weighted by Gasteiger charge is -2.35. The van der Waals surface area contributed by atoms with Crippen molar-refractivity contribution in [1.82, 2.24) is 24.6 Å². The molecule has 0 radical (unpaired) electrons. The number of rotatable bonds is 4. The van der Waals surface area contributed by atoms with E-state index in [0.29, 0.717) is 11.8 Å². The van der Waals surface area contributed by atoms with Gasteiger partial charge in [0.2, 0.25) is 5.91 Å². The van der Waals surface area contributed by atoms with Gasteiger partial charge in [-0.05, 0) is 29.5 Å². The van der Waals surface area contributed by atoms with Crippen LogP contribution in [0.5, 0.6) is 0 Å². The normalized spacial score (nSPS) is 24.1. The van der Waals surface area contributed by atoms with Crippen LogP contribution >= 0.6 is 0 Å². The topological polar surface area (TPSA) is 54.3 Å². The molecule has 0 aromatic carbocycles. The van der Waals surface area contributed by atoms with Gasteiger partial charge in [-0.1, -0.05) is 6.07 Å². The van der Waals surface area contributed by atoms with Crippen molar-refractivity contribution in [3.05, 3.63) is 48.0 Å². The molecule has 0 spiro atoms. The minimum absolute atomic E-state index is 0.166. The third kappa shape index (κ3) is 3.19. The fourth-order valence-corrected chi connectivity index (χ4v) is 3.58. The van der Waals surface area contributed by atoms with Crippen LogP contribution in [-0.2, 0) is 18.4 Å². The van der Waals surface area contributed by atoms with E-state index in [0.717, 1.165) is 39.1 Å². The van der Waals surface area contributed by atoms with E-state index in [1.54, 1.807) is 6.20 Å². The number of piperazine rings is 1. The Labute approximate surface area is 142 Å². The van der Waals surface area contributed by atoms with Gasteiger partial charge in [0.25, 0.3) is 0 Å². The predicted octanol–water partition coefficient (Wildman–Crippen LogP) is 1.26. The molecule has 1 amide bonds. The van der Waals surface area contributed by atoms with Gasteiger partial charge in [0, 0.05) is 64.3 Å². The number of aryl methyl sites for hydroxylation is 1. The zero-order chi connectivity index (χ0) is 16.5. The number of hydrogen-bond acceptors (Lipinski definition) is 4. The summed E-state index contributed by atoms with van der Waals surface area (Å²) in [5, 5.41) is 4.21. The summed E-state index contributed by atoms with van der Waals surface area (Å²) in [6.45, 7) is 4.44. The number of aromatic nitrogens is 3. The van der Waals surface area contributed by atoms with Crippen LogP contribution in [0.4, 0.5) is 0 Å². The Morgan fingerprint density at radius 2 is 2.08 bits per heavy atom. The van der Waals surface area contributed by atoms with Gasteiger partial charge in [-0.25, -0.2) is 0 Å². The van der Waals surface area contributed by atoms with Gasteiger partial charge in [-0.15, -0.1) is 0 Å². The standard InChI is InChI=1S/C18H23N5O/c1-21-13-15(11-20-21)16-9-17(16)18(24)23-7-5-22(6-8-23)12-14-3-2-4-19-10-14/h2-4,10-11,13,16-17H,5-9,12H2,1H3/t16-,17+/m0/s1. The lowest BCUT2D eigenvalue weighted by Crippen LogP contribution is -2.48. The first-order chi connectivity index (χ1) is 11.7. The largest absolute Gasteiger partial charge is 0.340 e. The molecule has 3 heterocycles. The van der Waals surface area contributed by atoms with Crippen LogP contribution in [0.1, 0.15) is 23.5 Å². The van der Waals surface area contributed by atoms with E-state index >= 15 is 0 Å². The van der Waals surface area contributed by atoms with Gasteiger partial charge in [0.1, 0.15) is 0 Å². The third-order valence-electron chi connectivity index (χ3n) is 5.07. The molecule has 6 heteroatoms. The second-order valence-electron chi connectivity index (χ2n) is 6.86. The summed E-state index contributed by atoms with van der Waals surface area (Å²) in [6, 6.07) is 4.08. The van der Waals surface area contributed by atoms with Crippen molar-refractivity contribution in [2.75, 3.05) is 26.2 Å². The van der Waals surface area contributed by atoms with Crippen LogP contribution in [0, 0.1) is 5.92 Å².